The molecule has 1 unspecified atom stereocenters. The second-order valence-corrected chi connectivity index (χ2v) is 7.84. The summed E-state index contributed by atoms with van der Waals surface area (Å²) >= 11 is 1.98. The van der Waals surface area contributed by atoms with Crippen molar-refractivity contribution in [1.82, 2.24) is 10.2 Å². The SMILES string of the molecule is CN1CCNCC1COc1cc(F)cc(Nc2ccc(I)cc2F)c1C(N)=O. The van der Waals surface area contributed by atoms with Gasteiger partial charge in [-0.1, -0.05) is 0 Å². The molecule has 2 aromatic carbocycles. The predicted molar refractivity (Wildman–Crippen MR) is 112 cm³/mol. The fraction of sp³-hybridized carbons (Fsp3) is 0.316. The van der Waals surface area contributed by atoms with Crippen molar-refractivity contribution in [3.8, 4) is 5.75 Å². The summed E-state index contributed by atoms with van der Waals surface area (Å²) in [6.07, 6.45) is 0. The van der Waals surface area contributed by atoms with Gasteiger partial charge in [-0.2, -0.15) is 0 Å². The van der Waals surface area contributed by atoms with E-state index in [9.17, 15) is 13.6 Å². The van der Waals surface area contributed by atoms with Crippen molar-refractivity contribution in [2.24, 2.45) is 5.73 Å². The molecule has 0 spiro atoms. The molecule has 0 radical (unpaired) electrons. The van der Waals surface area contributed by atoms with Crippen LogP contribution in [0.25, 0.3) is 0 Å². The van der Waals surface area contributed by atoms with Crippen LogP contribution in [0.15, 0.2) is 30.3 Å². The molecule has 2 aromatic rings. The van der Waals surface area contributed by atoms with Crippen LogP contribution in [-0.2, 0) is 0 Å². The molecule has 1 fully saturated rings. The van der Waals surface area contributed by atoms with Crippen molar-refractivity contribution < 1.29 is 18.3 Å². The van der Waals surface area contributed by atoms with Gasteiger partial charge in [0.25, 0.3) is 5.91 Å². The molecule has 1 amide bonds. The normalized spacial score (nSPS) is 17.4. The molecule has 1 aliphatic heterocycles. The zero-order valence-electron chi connectivity index (χ0n) is 15.3. The molecule has 0 aliphatic carbocycles. The topological polar surface area (TPSA) is 79.6 Å². The van der Waals surface area contributed by atoms with Crippen LogP contribution >= 0.6 is 22.6 Å². The maximum absolute atomic E-state index is 14.2. The maximum Gasteiger partial charge on any atom is 0.254 e. The van der Waals surface area contributed by atoms with E-state index in [4.69, 9.17) is 10.5 Å². The van der Waals surface area contributed by atoms with E-state index in [1.165, 1.54) is 12.1 Å². The quantitative estimate of drug-likeness (QED) is 0.530. The molecule has 6 nitrogen and oxygen atoms in total. The van der Waals surface area contributed by atoms with Crippen LogP contribution in [-0.4, -0.2) is 50.1 Å². The van der Waals surface area contributed by atoms with E-state index in [1.54, 1.807) is 6.07 Å². The van der Waals surface area contributed by atoms with Gasteiger partial charge in [0.1, 0.15) is 29.6 Å². The fourth-order valence-corrected chi connectivity index (χ4v) is 3.47. The van der Waals surface area contributed by atoms with Crippen LogP contribution < -0.4 is 21.1 Å². The number of ether oxygens (including phenoxy) is 1. The Morgan fingerprint density at radius 3 is 2.82 bits per heavy atom. The minimum atomic E-state index is -0.793. The summed E-state index contributed by atoms with van der Waals surface area (Å²) in [5.74, 6) is -1.91. The molecule has 1 heterocycles. The highest BCUT2D eigenvalue weighted by molar-refractivity contribution is 14.1. The lowest BCUT2D eigenvalue weighted by atomic mass is 10.1. The molecule has 1 atom stereocenters. The third-order valence-corrected chi connectivity index (χ3v) is 5.26. The lowest BCUT2D eigenvalue weighted by Crippen LogP contribution is -2.51. The highest BCUT2D eigenvalue weighted by Gasteiger charge is 2.23. The zero-order valence-corrected chi connectivity index (χ0v) is 17.4. The summed E-state index contributed by atoms with van der Waals surface area (Å²) < 4.78 is 34.8. The first-order valence-electron chi connectivity index (χ1n) is 8.74. The summed E-state index contributed by atoms with van der Waals surface area (Å²) in [6.45, 7) is 2.72. The first-order chi connectivity index (χ1) is 13.3. The second kappa shape index (κ2) is 9.01. The van der Waals surface area contributed by atoms with Gasteiger partial charge in [0.15, 0.2) is 0 Å². The first kappa shape index (κ1) is 20.7. The van der Waals surface area contributed by atoms with E-state index < -0.39 is 17.5 Å². The van der Waals surface area contributed by atoms with Crippen LogP contribution in [0, 0.1) is 15.2 Å². The third kappa shape index (κ3) is 4.89. The second-order valence-electron chi connectivity index (χ2n) is 6.59. The molecule has 1 aliphatic rings. The van der Waals surface area contributed by atoms with E-state index in [0.29, 0.717) is 3.57 Å². The van der Waals surface area contributed by atoms with Crippen LogP contribution in [0.2, 0.25) is 0 Å². The lowest BCUT2D eigenvalue weighted by molar-refractivity contribution is 0.0991. The number of carbonyl (C=O) groups is 1. The summed E-state index contributed by atoms with van der Waals surface area (Å²) in [4.78, 5) is 14.2. The average Bonchev–Trinajstić information content (AvgIpc) is 2.62. The van der Waals surface area contributed by atoms with Crippen LogP contribution in [0.1, 0.15) is 10.4 Å². The Hall–Kier alpha value is -1.98. The maximum atomic E-state index is 14.2. The highest BCUT2D eigenvalue weighted by Crippen LogP contribution is 2.32. The summed E-state index contributed by atoms with van der Waals surface area (Å²) in [5.41, 5.74) is 5.66. The highest BCUT2D eigenvalue weighted by atomic mass is 127. The molecule has 9 heteroatoms. The Labute approximate surface area is 175 Å². The van der Waals surface area contributed by atoms with Crippen molar-refractivity contribution in [3.05, 3.63) is 51.1 Å². The number of benzene rings is 2. The standard InChI is InChI=1S/C19H21F2IN4O2/c1-26-5-4-24-9-13(26)10-28-17-7-11(20)6-16(18(17)19(23)27)25-15-3-2-12(22)8-14(15)21/h2-3,6-8,13,24-25H,4-5,9-10H2,1H3,(H2,23,27). The number of amides is 1. The zero-order chi connectivity index (χ0) is 20.3. The third-order valence-electron chi connectivity index (χ3n) is 4.59. The van der Waals surface area contributed by atoms with Gasteiger partial charge in [-0.3, -0.25) is 9.69 Å². The van der Waals surface area contributed by atoms with Gasteiger partial charge in [0.2, 0.25) is 0 Å². The van der Waals surface area contributed by atoms with Crippen molar-refractivity contribution in [2.45, 2.75) is 6.04 Å². The number of nitrogens with zero attached hydrogens (tertiary/aromatic N) is 1. The number of likely N-dealkylation sites (N-methyl/N-ethyl adjacent to an activating group) is 1. The van der Waals surface area contributed by atoms with Gasteiger partial charge < -0.3 is 21.1 Å². The summed E-state index contributed by atoms with van der Waals surface area (Å²) in [7, 11) is 1.97. The van der Waals surface area contributed by atoms with Crippen LogP contribution in [0.3, 0.4) is 0 Å². The number of hydrogen-bond acceptors (Lipinski definition) is 5. The van der Waals surface area contributed by atoms with E-state index in [2.05, 4.69) is 15.5 Å². The van der Waals surface area contributed by atoms with Gasteiger partial charge in [-0.25, -0.2) is 8.78 Å². The van der Waals surface area contributed by atoms with Gasteiger partial charge in [-0.15, -0.1) is 0 Å². The summed E-state index contributed by atoms with van der Waals surface area (Å²) in [5, 5.41) is 6.02. The molecular formula is C19H21F2IN4O2. The van der Waals surface area contributed by atoms with Crippen molar-refractivity contribution in [2.75, 3.05) is 38.6 Å². The Bertz CT molecular complexity index is 881. The fourth-order valence-electron chi connectivity index (χ4n) is 3.02. The molecule has 0 saturated carbocycles. The molecule has 3 rings (SSSR count). The number of hydrogen-bond donors (Lipinski definition) is 3. The number of nitrogens with one attached hydrogen (secondary N) is 2. The van der Waals surface area contributed by atoms with E-state index in [-0.39, 0.29) is 35.3 Å². The Morgan fingerprint density at radius 2 is 2.14 bits per heavy atom. The van der Waals surface area contributed by atoms with E-state index in [0.717, 1.165) is 31.8 Å². The number of halogens is 3. The van der Waals surface area contributed by atoms with Gasteiger partial charge in [-0.05, 0) is 53.9 Å². The number of carbonyl (C=O) groups excluding carboxylic acids is 1. The minimum absolute atomic E-state index is 0.0224. The largest absolute Gasteiger partial charge is 0.491 e. The molecule has 4 N–H and O–H groups in total. The number of anilines is 2. The Balaban J connectivity index is 1.89. The van der Waals surface area contributed by atoms with Crippen molar-refractivity contribution in [1.29, 1.82) is 0 Å². The lowest BCUT2D eigenvalue weighted by Gasteiger charge is -2.33. The molecule has 1 saturated heterocycles. The van der Waals surface area contributed by atoms with Crippen molar-refractivity contribution >= 4 is 39.9 Å². The van der Waals surface area contributed by atoms with Crippen LogP contribution in [0.5, 0.6) is 5.75 Å². The molecule has 28 heavy (non-hydrogen) atoms. The Kier molecular flexibility index (Phi) is 6.68. The van der Waals surface area contributed by atoms with Gasteiger partial charge >= 0.3 is 0 Å². The smallest absolute Gasteiger partial charge is 0.254 e. The molecule has 150 valence electrons. The van der Waals surface area contributed by atoms with E-state index >= 15 is 0 Å². The number of nitrogens with two attached hydrogens (primary N) is 1. The average molecular weight is 502 g/mol. The molecule has 0 bridgehead atoms. The number of piperazine rings is 1. The summed E-state index contributed by atoms with van der Waals surface area (Å²) in [6, 6.07) is 6.82. The molecular weight excluding hydrogens is 481 g/mol. The van der Waals surface area contributed by atoms with E-state index in [1.807, 2.05) is 29.6 Å². The van der Waals surface area contributed by atoms with Crippen LogP contribution in [0.4, 0.5) is 20.2 Å². The molecule has 0 aromatic heterocycles. The number of rotatable bonds is 6. The van der Waals surface area contributed by atoms with Crippen molar-refractivity contribution in [3.63, 3.8) is 0 Å². The number of primary amides is 1. The predicted octanol–water partition coefficient (Wildman–Crippen LogP) is 2.69. The minimum Gasteiger partial charge on any atom is -0.491 e. The monoisotopic (exact) mass is 502 g/mol. The Morgan fingerprint density at radius 1 is 1.36 bits per heavy atom. The van der Waals surface area contributed by atoms with Gasteiger partial charge in [0, 0.05) is 29.3 Å². The first-order valence-corrected chi connectivity index (χ1v) is 9.82. The van der Waals surface area contributed by atoms with Gasteiger partial charge in [0.05, 0.1) is 17.4 Å².